The van der Waals surface area contributed by atoms with Crippen LogP contribution < -0.4 is 15.4 Å². The average molecular weight is 410 g/mol. The lowest BCUT2D eigenvalue weighted by atomic mass is 9.94. The summed E-state index contributed by atoms with van der Waals surface area (Å²) in [5.74, 6) is 0.607. The van der Waals surface area contributed by atoms with Crippen molar-refractivity contribution in [2.24, 2.45) is 0 Å². The fraction of sp³-hybridized carbons (Fsp3) is 0.227. The summed E-state index contributed by atoms with van der Waals surface area (Å²) in [6, 6.07) is 8.79. The van der Waals surface area contributed by atoms with E-state index in [0.29, 0.717) is 17.9 Å². The van der Waals surface area contributed by atoms with Crippen molar-refractivity contribution in [1.29, 1.82) is 0 Å². The van der Waals surface area contributed by atoms with Gasteiger partial charge in [-0.1, -0.05) is 6.07 Å². The van der Waals surface area contributed by atoms with E-state index in [1.54, 1.807) is 12.3 Å². The molecule has 0 unspecified atom stereocenters. The molecule has 0 atom stereocenters. The Balaban J connectivity index is 1.60. The quantitative estimate of drug-likeness (QED) is 0.598. The fourth-order valence-corrected chi connectivity index (χ4v) is 3.72. The van der Waals surface area contributed by atoms with Gasteiger partial charge in [0, 0.05) is 42.5 Å². The zero-order valence-corrected chi connectivity index (χ0v) is 16.5. The Labute approximate surface area is 172 Å². The highest BCUT2D eigenvalue weighted by atomic mass is 19.3. The SMILES string of the molecule is CNc1ccc(-c2cnc(Nc3ccc(OC(F)F)nc3)cc2C)c2c1C(=O)CC2. The normalized spacial score (nSPS) is 12.8. The standard InChI is InChI=1S/C22H20F2N4O2/c1-12-9-19(28-13-3-8-20(27-10-13)30-22(23)24)26-11-16(12)14-4-6-17(25-2)21-15(14)5-7-18(21)29/h3-4,6,8-11,22,25H,5,7H2,1-2H3,(H,26,28). The van der Waals surface area contributed by atoms with Gasteiger partial charge in [-0.3, -0.25) is 4.79 Å². The minimum Gasteiger partial charge on any atom is -0.417 e. The van der Waals surface area contributed by atoms with Crippen LogP contribution in [0, 0.1) is 6.92 Å². The number of benzene rings is 1. The van der Waals surface area contributed by atoms with Crippen LogP contribution in [0.3, 0.4) is 0 Å². The number of pyridine rings is 2. The van der Waals surface area contributed by atoms with E-state index in [4.69, 9.17) is 0 Å². The third kappa shape index (κ3) is 3.80. The highest BCUT2D eigenvalue weighted by Crippen LogP contribution is 2.38. The van der Waals surface area contributed by atoms with Crippen LogP contribution in [0.4, 0.5) is 26.0 Å². The lowest BCUT2D eigenvalue weighted by molar-refractivity contribution is -0.0528. The molecule has 0 aliphatic heterocycles. The number of halogens is 2. The molecule has 0 saturated carbocycles. The third-order valence-corrected chi connectivity index (χ3v) is 5.08. The van der Waals surface area contributed by atoms with Crippen molar-refractivity contribution in [3.05, 3.63) is 59.4 Å². The van der Waals surface area contributed by atoms with Crippen LogP contribution in [0.2, 0.25) is 0 Å². The average Bonchev–Trinajstić information content (AvgIpc) is 3.11. The monoisotopic (exact) mass is 410 g/mol. The number of nitrogens with one attached hydrogen (secondary N) is 2. The molecular weight excluding hydrogens is 390 g/mol. The number of ether oxygens (including phenoxy) is 1. The molecule has 6 nitrogen and oxygen atoms in total. The number of anilines is 3. The number of hydrogen-bond acceptors (Lipinski definition) is 6. The van der Waals surface area contributed by atoms with Gasteiger partial charge < -0.3 is 15.4 Å². The van der Waals surface area contributed by atoms with Gasteiger partial charge in [0.2, 0.25) is 5.88 Å². The maximum Gasteiger partial charge on any atom is 0.388 e. The molecule has 0 spiro atoms. The molecule has 8 heteroatoms. The Bertz CT molecular complexity index is 1100. The molecule has 0 bridgehead atoms. The molecule has 30 heavy (non-hydrogen) atoms. The number of aryl methyl sites for hydroxylation is 1. The topological polar surface area (TPSA) is 76.1 Å². The summed E-state index contributed by atoms with van der Waals surface area (Å²) in [4.78, 5) is 20.6. The summed E-state index contributed by atoms with van der Waals surface area (Å²) in [5.41, 5.74) is 6.25. The summed E-state index contributed by atoms with van der Waals surface area (Å²) >= 11 is 0. The molecule has 1 aromatic carbocycles. The Hall–Kier alpha value is -3.55. The zero-order valence-electron chi connectivity index (χ0n) is 16.5. The van der Waals surface area contributed by atoms with Crippen molar-refractivity contribution in [2.75, 3.05) is 17.7 Å². The van der Waals surface area contributed by atoms with Crippen LogP contribution >= 0.6 is 0 Å². The second-order valence-corrected chi connectivity index (χ2v) is 6.96. The van der Waals surface area contributed by atoms with E-state index in [-0.39, 0.29) is 11.7 Å². The van der Waals surface area contributed by atoms with Gasteiger partial charge in [-0.2, -0.15) is 8.78 Å². The van der Waals surface area contributed by atoms with Crippen molar-refractivity contribution in [3.8, 4) is 17.0 Å². The molecule has 154 valence electrons. The van der Waals surface area contributed by atoms with Crippen LogP contribution in [0.25, 0.3) is 11.1 Å². The van der Waals surface area contributed by atoms with Gasteiger partial charge in [-0.05, 0) is 48.2 Å². The maximum absolute atomic E-state index is 12.3. The summed E-state index contributed by atoms with van der Waals surface area (Å²) in [5, 5.41) is 6.20. The molecule has 2 N–H and O–H groups in total. The molecule has 2 heterocycles. The first-order valence-electron chi connectivity index (χ1n) is 9.48. The predicted molar refractivity (Wildman–Crippen MR) is 111 cm³/mol. The predicted octanol–water partition coefficient (Wildman–Crippen LogP) is 4.97. The number of rotatable bonds is 6. The Morgan fingerprint density at radius 2 is 1.90 bits per heavy atom. The molecule has 3 aromatic rings. The number of Topliss-reactive ketones (excluding diaryl/α,β-unsaturated/α-hetero) is 1. The Morgan fingerprint density at radius 1 is 1.07 bits per heavy atom. The molecule has 1 aliphatic rings. The number of carbonyl (C=O) groups excluding carboxylic acids is 1. The fourth-order valence-electron chi connectivity index (χ4n) is 3.72. The lowest BCUT2D eigenvalue weighted by Gasteiger charge is -2.15. The number of fused-ring (bicyclic) bond motifs is 1. The first-order chi connectivity index (χ1) is 14.5. The van der Waals surface area contributed by atoms with Gasteiger partial charge in [0.1, 0.15) is 5.82 Å². The van der Waals surface area contributed by atoms with E-state index < -0.39 is 6.61 Å². The highest BCUT2D eigenvalue weighted by molar-refractivity contribution is 6.07. The highest BCUT2D eigenvalue weighted by Gasteiger charge is 2.26. The van der Waals surface area contributed by atoms with Crippen molar-refractivity contribution in [2.45, 2.75) is 26.4 Å². The summed E-state index contributed by atoms with van der Waals surface area (Å²) < 4.78 is 28.7. The first kappa shape index (κ1) is 19.8. The maximum atomic E-state index is 12.3. The minimum atomic E-state index is -2.91. The number of alkyl halides is 2. The van der Waals surface area contributed by atoms with Crippen molar-refractivity contribution in [3.63, 3.8) is 0 Å². The number of carbonyl (C=O) groups is 1. The number of hydrogen-bond donors (Lipinski definition) is 2. The molecule has 2 aromatic heterocycles. The van der Waals surface area contributed by atoms with Gasteiger partial charge in [0.25, 0.3) is 0 Å². The van der Waals surface area contributed by atoms with E-state index in [9.17, 15) is 13.6 Å². The van der Waals surface area contributed by atoms with Crippen LogP contribution in [0.1, 0.15) is 27.9 Å². The van der Waals surface area contributed by atoms with Crippen LogP contribution in [0.15, 0.2) is 42.7 Å². The molecule has 4 rings (SSSR count). The van der Waals surface area contributed by atoms with E-state index in [2.05, 4.69) is 25.3 Å². The smallest absolute Gasteiger partial charge is 0.388 e. The third-order valence-electron chi connectivity index (χ3n) is 5.08. The molecular formula is C22H20F2N4O2. The Morgan fingerprint density at radius 3 is 2.57 bits per heavy atom. The number of aromatic nitrogens is 2. The van der Waals surface area contributed by atoms with Crippen LogP contribution in [0.5, 0.6) is 5.88 Å². The molecule has 0 fully saturated rings. The second kappa shape index (κ2) is 8.06. The summed E-state index contributed by atoms with van der Waals surface area (Å²) in [6.45, 7) is -0.929. The van der Waals surface area contributed by atoms with E-state index in [1.807, 2.05) is 32.2 Å². The molecule has 1 aliphatic carbocycles. The van der Waals surface area contributed by atoms with E-state index >= 15 is 0 Å². The van der Waals surface area contributed by atoms with Gasteiger partial charge in [0.05, 0.1) is 11.9 Å². The molecule has 0 radical (unpaired) electrons. The van der Waals surface area contributed by atoms with Gasteiger partial charge in [-0.25, -0.2) is 9.97 Å². The van der Waals surface area contributed by atoms with E-state index in [1.165, 1.54) is 12.3 Å². The largest absolute Gasteiger partial charge is 0.417 e. The Kier molecular flexibility index (Phi) is 5.31. The van der Waals surface area contributed by atoms with Gasteiger partial charge >= 0.3 is 6.61 Å². The van der Waals surface area contributed by atoms with Crippen molar-refractivity contribution >= 4 is 23.0 Å². The lowest BCUT2D eigenvalue weighted by Crippen LogP contribution is -2.04. The summed E-state index contributed by atoms with van der Waals surface area (Å²) in [6.07, 6.45) is 4.41. The van der Waals surface area contributed by atoms with E-state index in [0.717, 1.165) is 39.9 Å². The summed E-state index contributed by atoms with van der Waals surface area (Å²) in [7, 11) is 1.81. The second-order valence-electron chi connectivity index (χ2n) is 6.96. The van der Waals surface area contributed by atoms with Crippen LogP contribution in [-0.2, 0) is 6.42 Å². The number of nitrogens with zero attached hydrogens (tertiary/aromatic N) is 2. The minimum absolute atomic E-state index is 0.150. The molecule has 0 amide bonds. The van der Waals surface area contributed by atoms with Crippen molar-refractivity contribution in [1.82, 2.24) is 9.97 Å². The number of ketones is 1. The van der Waals surface area contributed by atoms with Gasteiger partial charge in [-0.15, -0.1) is 0 Å². The van der Waals surface area contributed by atoms with Crippen molar-refractivity contribution < 1.29 is 18.3 Å². The molecule has 0 saturated heterocycles. The van der Waals surface area contributed by atoms with Gasteiger partial charge in [0.15, 0.2) is 5.78 Å². The zero-order chi connectivity index (χ0) is 21.3. The van der Waals surface area contributed by atoms with Crippen LogP contribution in [-0.4, -0.2) is 29.4 Å². The first-order valence-corrected chi connectivity index (χ1v) is 9.48.